The predicted molar refractivity (Wildman–Crippen MR) is 70.1 cm³/mol. The number of halogens is 3. The zero-order valence-corrected chi connectivity index (χ0v) is 11.3. The maximum absolute atomic E-state index is 12.5. The molecule has 0 bridgehead atoms. The van der Waals surface area contributed by atoms with Crippen molar-refractivity contribution in [2.24, 2.45) is 5.92 Å². The predicted octanol–water partition coefficient (Wildman–Crippen LogP) is 3.40. The molecule has 0 heterocycles. The van der Waals surface area contributed by atoms with Crippen LogP contribution in [-0.4, -0.2) is 17.8 Å². The molecule has 0 aromatic heterocycles. The molecule has 0 saturated carbocycles. The number of hydrogen-bond donors (Lipinski definition) is 2. The Hall–Kier alpha value is -1.74. The van der Waals surface area contributed by atoms with E-state index in [1.165, 1.54) is 6.07 Å². The van der Waals surface area contributed by atoms with E-state index in [9.17, 15) is 18.3 Å². The summed E-state index contributed by atoms with van der Waals surface area (Å²) in [6, 6.07) is 4.66. The van der Waals surface area contributed by atoms with Crippen molar-refractivity contribution in [2.75, 3.05) is 11.9 Å². The molecule has 0 aliphatic rings. The minimum absolute atomic E-state index is 0.0865. The van der Waals surface area contributed by atoms with Gasteiger partial charge in [0.1, 0.15) is 6.07 Å². The van der Waals surface area contributed by atoms with Crippen molar-refractivity contribution in [3.05, 3.63) is 29.3 Å². The minimum atomic E-state index is -4.47. The molecular weight excluding hydrogens is 269 g/mol. The first-order valence-corrected chi connectivity index (χ1v) is 6.27. The molecule has 1 aromatic rings. The molecular formula is C14H17F3N2O. The minimum Gasteiger partial charge on any atom is -0.391 e. The zero-order chi connectivity index (χ0) is 15.3. The standard InChI is InChI=1S/C14H17F3N2O/c1-9(2)5-12(20)8-19-13-4-3-11(14(15,16)17)6-10(13)7-18/h3-4,6,9,12,19-20H,5,8H2,1-2H3. The summed E-state index contributed by atoms with van der Waals surface area (Å²) in [6.07, 6.45) is -4.50. The number of alkyl halides is 3. The molecule has 1 atom stereocenters. The second-order valence-electron chi connectivity index (χ2n) is 5.03. The summed E-state index contributed by atoms with van der Waals surface area (Å²) in [5.41, 5.74) is -0.651. The molecule has 0 radical (unpaired) electrons. The summed E-state index contributed by atoms with van der Waals surface area (Å²) >= 11 is 0. The summed E-state index contributed by atoms with van der Waals surface area (Å²) in [4.78, 5) is 0. The van der Waals surface area contributed by atoms with Gasteiger partial charge in [0.05, 0.1) is 22.9 Å². The molecule has 0 fully saturated rings. The van der Waals surface area contributed by atoms with Gasteiger partial charge in [-0.3, -0.25) is 0 Å². The van der Waals surface area contributed by atoms with Gasteiger partial charge in [-0.05, 0) is 30.5 Å². The SMILES string of the molecule is CC(C)CC(O)CNc1ccc(C(F)(F)F)cc1C#N. The fraction of sp³-hybridized carbons (Fsp3) is 0.500. The number of benzene rings is 1. The molecule has 1 unspecified atom stereocenters. The molecule has 2 N–H and O–H groups in total. The van der Waals surface area contributed by atoms with E-state index in [0.717, 1.165) is 12.1 Å². The third-order valence-electron chi connectivity index (χ3n) is 2.74. The van der Waals surface area contributed by atoms with E-state index in [-0.39, 0.29) is 12.1 Å². The third-order valence-corrected chi connectivity index (χ3v) is 2.74. The highest BCUT2D eigenvalue weighted by Crippen LogP contribution is 2.31. The lowest BCUT2D eigenvalue weighted by atomic mass is 10.1. The smallest absolute Gasteiger partial charge is 0.391 e. The van der Waals surface area contributed by atoms with Crippen molar-refractivity contribution in [3.8, 4) is 6.07 Å². The number of nitrogens with one attached hydrogen (secondary N) is 1. The first-order valence-electron chi connectivity index (χ1n) is 6.27. The molecule has 0 spiro atoms. The van der Waals surface area contributed by atoms with E-state index in [2.05, 4.69) is 5.32 Å². The van der Waals surface area contributed by atoms with Gasteiger partial charge in [0.2, 0.25) is 0 Å². The molecule has 6 heteroatoms. The first kappa shape index (κ1) is 16.3. The van der Waals surface area contributed by atoms with Crippen LogP contribution in [0.1, 0.15) is 31.4 Å². The highest BCUT2D eigenvalue weighted by molar-refractivity contribution is 5.59. The van der Waals surface area contributed by atoms with Gasteiger partial charge in [-0.25, -0.2) is 0 Å². The second kappa shape index (κ2) is 6.62. The molecule has 0 aliphatic heterocycles. The van der Waals surface area contributed by atoms with Gasteiger partial charge in [-0.2, -0.15) is 18.4 Å². The number of nitrogens with zero attached hydrogens (tertiary/aromatic N) is 1. The van der Waals surface area contributed by atoms with Gasteiger partial charge in [-0.15, -0.1) is 0 Å². The van der Waals surface area contributed by atoms with Crippen molar-refractivity contribution >= 4 is 5.69 Å². The van der Waals surface area contributed by atoms with Crippen LogP contribution >= 0.6 is 0 Å². The second-order valence-corrected chi connectivity index (χ2v) is 5.03. The van der Waals surface area contributed by atoms with Crippen LogP contribution in [0.4, 0.5) is 18.9 Å². The molecule has 0 saturated heterocycles. The maximum atomic E-state index is 12.5. The highest BCUT2D eigenvalue weighted by Gasteiger charge is 2.31. The normalized spacial score (nSPS) is 13.1. The summed E-state index contributed by atoms with van der Waals surface area (Å²) in [7, 11) is 0. The van der Waals surface area contributed by atoms with Gasteiger partial charge in [-0.1, -0.05) is 13.8 Å². The van der Waals surface area contributed by atoms with E-state index in [4.69, 9.17) is 5.26 Å². The quantitative estimate of drug-likeness (QED) is 0.872. The van der Waals surface area contributed by atoms with Gasteiger partial charge in [0, 0.05) is 6.54 Å². The average molecular weight is 286 g/mol. The number of nitriles is 1. The van der Waals surface area contributed by atoms with Gasteiger partial charge in [0.15, 0.2) is 0 Å². The molecule has 20 heavy (non-hydrogen) atoms. The number of aliphatic hydroxyl groups is 1. The average Bonchev–Trinajstić information content (AvgIpc) is 2.34. The Morgan fingerprint density at radius 1 is 1.35 bits per heavy atom. The van der Waals surface area contributed by atoms with Crippen LogP contribution in [0.25, 0.3) is 0 Å². The first-order chi connectivity index (χ1) is 9.24. The molecule has 0 amide bonds. The van der Waals surface area contributed by atoms with Crippen LogP contribution in [-0.2, 0) is 6.18 Å². The number of aliphatic hydroxyl groups excluding tert-OH is 1. The molecule has 110 valence electrons. The molecule has 0 aliphatic carbocycles. The summed E-state index contributed by atoms with van der Waals surface area (Å²) in [6.45, 7) is 4.11. The lowest BCUT2D eigenvalue weighted by Crippen LogP contribution is -2.21. The Bertz CT molecular complexity index is 492. The van der Waals surface area contributed by atoms with E-state index >= 15 is 0 Å². The van der Waals surface area contributed by atoms with E-state index in [1.54, 1.807) is 6.07 Å². The fourth-order valence-corrected chi connectivity index (χ4v) is 1.82. The fourth-order valence-electron chi connectivity index (χ4n) is 1.82. The van der Waals surface area contributed by atoms with Crippen molar-refractivity contribution in [3.63, 3.8) is 0 Å². The van der Waals surface area contributed by atoms with Crippen LogP contribution < -0.4 is 5.32 Å². The monoisotopic (exact) mass is 286 g/mol. The van der Waals surface area contributed by atoms with Crippen LogP contribution in [0.5, 0.6) is 0 Å². The van der Waals surface area contributed by atoms with Crippen molar-refractivity contribution in [1.29, 1.82) is 5.26 Å². The van der Waals surface area contributed by atoms with E-state index in [1.807, 2.05) is 13.8 Å². The third kappa shape index (κ3) is 4.74. The number of anilines is 1. The summed E-state index contributed by atoms with van der Waals surface area (Å²) in [5, 5.41) is 21.4. The van der Waals surface area contributed by atoms with E-state index in [0.29, 0.717) is 18.0 Å². The Kier molecular flexibility index (Phi) is 5.40. The van der Waals surface area contributed by atoms with Crippen molar-refractivity contribution < 1.29 is 18.3 Å². The van der Waals surface area contributed by atoms with Crippen LogP contribution in [0.15, 0.2) is 18.2 Å². The molecule has 3 nitrogen and oxygen atoms in total. The lowest BCUT2D eigenvalue weighted by Gasteiger charge is -2.16. The topological polar surface area (TPSA) is 56.0 Å². The van der Waals surface area contributed by atoms with E-state index < -0.39 is 17.8 Å². The van der Waals surface area contributed by atoms with Crippen LogP contribution in [0.3, 0.4) is 0 Å². The maximum Gasteiger partial charge on any atom is 0.416 e. The van der Waals surface area contributed by atoms with Crippen molar-refractivity contribution in [2.45, 2.75) is 32.5 Å². The Morgan fingerprint density at radius 2 is 2.00 bits per heavy atom. The Labute approximate surface area is 116 Å². The Morgan fingerprint density at radius 3 is 2.50 bits per heavy atom. The number of rotatable bonds is 5. The largest absolute Gasteiger partial charge is 0.416 e. The number of hydrogen-bond acceptors (Lipinski definition) is 3. The van der Waals surface area contributed by atoms with Crippen LogP contribution in [0, 0.1) is 17.2 Å². The zero-order valence-electron chi connectivity index (χ0n) is 11.3. The highest BCUT2D eigenvalue weighted by atomic mass is 19.4. The van der Waals surface area contributed by atoms with Crippen molar-refractivity contribution in [1.82, 2.24) is 0 Å². The van der Waals surface area contributed by atoms with Crippen LogP contribution in [0.2, 0.25) is 0 Å². The lowest BCUT2D eigenvalue weighted by molar-refractivity contribution is -0.137. The molecule has 1 rings (SSSR count). The Balaban J connectivity index is 2.79. The summed E-state index contributed by atoms with van der Waals surface area (Å²) < 4.78 is 37.6. The van der Waals surface area contributed by atoms with Gasteiger partial charge in [0.25, 0.3) is 0 Å². The van der Waals surface area contributed by atoms with Gasteiger partial charge >= 0.3 is 6.18 Å². The summed E-state index contributed by atoms with van der Waals surface area (Å²) in [5.74, 6) is 0.315. The van der Waals surface area contributed by atoms with Gasteiger partial charge < -0.3 is 10.4 Å². The molecule has 1 aromatic carbocycles.